The largest absolute Gasteiger partial charge is 0.450 e. The third-order valence-electron chi connectivity index (χ3n) is 7.35. The minimum Gasteiger partial charge on any atom is -0.450 e. The molecule has 26 heavy (non-hydrogen) atoms. The quantitative estimate of drug-likeness (QED) is 0.750. The Labute approximate surface area is 156 Å². The molecule has 6 heteroatoms. The molecule has 2 heterocycles. The van der Waals surface area contributed by atoms with Gasteiger partial charge in [0.1, 0.15) is 0 Å². The van der Waals surface area contributed by atoms with Crippen molar-refractivity contribution in [1.82, 2.24) is 14.7 Å². The van der Waals surface area contributed by atoms with Crippen LogP contribution in [0.25, 0.3) is 0 Å². The molecule has 4 rings (SSSR count). The predicted octanol–water partition coefficient (Wildman–Crippen LogP) is 2.04. The Hall–Kier alpha value is -1.30. The van der Waals surface area contributed by atoms with Gasteiger partial charge in [0.15, 0.2) is 0 Å². The van der Waals surface area contributed by atoms with Crippen LogP contribution >= 0.6 is 0 Å². The molecule has 146 valence electrons. The highest BCUT2D eigenvalue weighted by Crippen LogP contribution is 2.55. The summed E-state index contributed by atoms with van der Waals surface area (Å²) in [5, 5.41) is 0. The van der Waals surface area contributed by atoms with Gasteiger partial charge in [-0.1, -0.05) is 0 Å². The van der Waals surface area contributed by atoms with Crippen molar-refractivity contribution in [2.45, 2.75) is 46.1 Å². The molecule has 6 nitrogen and oxygen atoms in total. The van der Waals surface area contributed by atoms with Gasteiger partial charge in [0.25, 0.3) is 0 Å². The summed E-state index contributed by atoms with van der Waals surface area (Å²) in [5.74, 6) is 1.87. The first-order chi connectivity index (χ1) is 12.5. The van der Waals surface area contributed by atoms with Gasteiger partial charge < -0.3 is 14.5 Å². The molecule has 0 N–H and O–H groups in total. The lowest BCUT2D eigenvalue weighted by molar-refractivity contribution is -0.133. The van der Waals surface area contributed by atoms with Gasteiger partial charge in [-0.15, -0.1) is 0 Å². The number of hydrogen-bond acceptors (Lipinski definition) is 4. The number of nitrogens with zero attached hydrogens (tertiary/aromatic N) is 3. The van der Waals surface area contributed by atoms with Gasteiger partial charge >= 0.3 is 6.09 Å². The SMILES string of the molecule is CCOC(=O)N1CC2(CCC(N3C[C@@H]4[C@H](C3)[C@H]4C(=O)N(CC)CC)C2)C1. The van der Waals surface area contributed by atoms with E-state index in [-0.39, 0.29) is 6.09 Å². The van der Waals surface area contributed by atoms with E-state index >= 15 is 0 Å². The zero-order valence-electron chi connectivity index (χ0n) is 16.4. The van der Waals surface area contributed by atoms with Crippen molar-refractivity contribution < 1.29 is 14.3 Å². The number of fused-ring (bicyclic) bond motifs is 1. The molecule has 4 fully saturated rings. The first-order valence-electron chi connectivity index (χ1n) is 10.5. The monoisotopic (exact) mass is 363 g/mol. The van der Waals surface area contributed by atoms with Crippen molar-refractivity contribution in [3.05, 3.63) is 0 Å². The summed E-state index contributed by atoms with van der Waals surface area (Å²) in [4.78, 5) is 30.9. The zero-order chi connectivity index (χ0) is 18.5. The number of hydrogen-bond donors (Lipinski definition) is 0. The van der Waals surface area contributed by atoms with E-state index in [0.717, 1.165) is 39.3 Å². The maximum atomic E-state index is 12.6. The summed E-state index contributed by atoms with van der Waals surface area (Å²) in [6.07, 6.45) is 3.52. The molecule has 0 aromatic carbocycles. The fourth-order valence-corrected chi connectivity index (χ4v) is 5.85. The second-order valence-electron chi connectivity index (χ2n) is 8.77. The third kappa shape index (κ3) is 2.90. The summed E-state index contributed by atoms with van der Waals surface area (Å²) in [7, 11) is 0. The topological polar surface area (TPSA) is 53.1 Å². The van der Waals surface area contributed by atoms with Crippen molar-refractivity contribution in [1.29, 1.82) is 0 Å². The number of carbonyl (C=O) groups is 2. The molecule has 2 aliphatic heterocycles. The Morgan fingerprint density at radius 3 is 2.35 bits per heavy atom. The number of carbonyl (C=O) groups excluding carboxylic acids is 2. The number of likely N-dealkylation sites (tertiary alicyclic amines) is 2. The zero-order valence-corrected chi connectivity index (χ0v) is 16.4. The van der Waals surface area contributed by atoms with Gasteiger partial charge in [0, 0.05) is 56.6 Å². The fraction of sp³-hybridized carbons (Fsp3) is 0.900. The minimum atomic E-state index is -0.151. The molecule has 2 amide bonds. The second-order valence-corrected chi connectivity index (χ2v) is 8.77. The molecule has 0 aromatic heterocycles. The molecule has 4 atom stereocenters. The van der Waals surface area contributed by atoms with Crippen molar-refractivity contribution in [2.75, 3.05) is 45.9 Å². The van der Waals surface area contributed by atoms with Crippen molar-refractivity contribution in [3.8, 4) is 0 Å². The van der Waals surface area contributed by atoms with Crippen molar-refractivity contribution in [3.63, 3.8) is 0 Å². The van der Waals surface area contributed by atoms with Crippen LogP contribution in [0.4, 0.5) is 4.79 Å². The summed E-state index contributed by atoms with van der Waals surface area (Å²) in [6, 6.07) is 0.649. The minimum absolute atomic E-state index is 0.151. The van der Waals surface area contributed by atoms with Crippen LogP contribution in [0.2, 0.25) is 0 Å². The van der Waals surface area contributed by atoms with Crippen LogP contribution in [0.1, 0.15) is 40.0 Å². The average Bonchev–Trinajstić information content (AvgIpc) is 2.97. The Bertz CT molecular complexity index is 559. The van der Waals surface area contributed by atoms with Gasteiger partial charge in [-0.3, -0.25) is 9.69 Å². The summed E-state index contributed by atoms with van der Waals surface area (Å²) >= 11 is 0. The van der Waals surface area contributed by atoms with Crippen LogP contribution in [0.15, 0.2) is 0 Å². The van der Waals surface area contributed by atoms with Crippen LogP contribution in [0.5, 0.6) is 0 Å². The van der Waals surface area contributed by atoms with E-state index in [1.807, 2.05) is 16.7 Å². The lowest BCUT2D eigenvalue weighted by Gasteiger charge is -2.47. The highest BCUT2D eigenvalue weighted by molar-refractivity contribution is 5.82. The van der Waals surface area contributed by atoms with Crippen molar-refractivity contribution >= 4 is 12.0 Å². The Morgan fingerprint density at radius 2 is 1.77 bits per heavy atom. The van der Waals surface area contributed by atoms with E-state index in [0.29, 0.717) is 41.7 Å². The van der Waals surface area contributed by atoms with Crippen LogP contribution in [0, 0.1) is 23.2 Å². The number of ether oxygens (including phenoxy) is 1. The molecule has 2 aliphatic carbocycles. The lowest BCUT2D eigenvalue weighted by Crippen LogP contribution is -2.57. The molecule has 4 aliphatic rings. The maximum Gasteiger partial charge on any atom is 0.409 e. The Kier molecular flexibility index (Phi) is 4.66. The van der Waals surface area contributed by atoms with Crippen LogP contribution in [-0.2, 0) is 9.53 Å². The van der Waals surface area contributed by atoms with E-state index in [1.54, 1.807) is 0 Å². The van der Waals surface area contributed by atoms with Gasteiger partial charge in [-0.05, 0) is 51.9 Å². The lowest BCUT2D eigenvalue weighted by atomic mass is 9.78. The van der Waals surface area contributed by atoms with Gasteiger partial charge in [-0.2, -0.15) is 0 Å². The van der Waals surface area contributed by atoms with E-state index in [4.69, 9.17) is 4.74 Å². The third-order valence-corrected chi connectivity index (χ3v) is 7.35. The number of piperidine rings is 1. The van der Waals surface area contributed by atoms with Gasteiger partial charge in [-0.25, -0.2) is 4.79 Å². The van der Waals surface area contributed by atoms with Crippen LogP contribution < -0.4 is 0 Å². The molecule has 0 radical (unpaired) electrons. The first-order valence-corrected chi connectivity index (χ1v) is 10.5. The van der Waals surface area contributed by atoms with E-state index in [2.05, 4.69) is 18.7 Å². The van der Waals surface area contributed by atoms with Gasteiger partial charge in [0.2, 0.25) is 5.91 Å². The molecule has 1 unspecified atom stereocenters. The van der Waals surface area contributed by atoms with E-state index in [9.17, 15) is 9.59 Å². The molecule has 2 saturated carbocycles. The van der Waals surface area contributed by atoms with Crippen LogP contribution in [0.3, 0.4) is 0 Å². The van der Waals surface area contributed by atoms with Gasteiger partial charge in [0.05, 0.1) is 6.61 Å². The smallest absolute Gasteiger partial charge is 0.409 e. The maximum absolute atomic E-state index is 12.6. The molecule has 1 spiro atoms. The summed E-state index contributed by atoms with van der Waals surface area (Å²) in [6.45, 7) is 12.1. The fourth-order valence-electron chi connectivity index (χ4n) is 5.85. The Balaban J connectivity index is 1.24. The molecular weight excluding hydrogens is 330 g/mol. The highest BCUT2D eigenvalue weighted by Gasteiger charge is 2.62. The van der Waals surface area contributed by atoms with E-state index in [1.165, 1.54) is 19.3 Å². The second kappa shape index (κ2) is 6.70. The highest BCUT2D eigenvalue weighted by atomic mass is 16.6. The molecule has 0 bridgehead atoms. The molecular formula is C20H33N3O3. The standard InChI is InChI=1S/C20H33N3O3/c1-4-21(5-2)18(24)17-15-10-22(11-16(15)17)14-7-8-20(9-14)12-23(13-20)19(25)26-6-3/h14-17H,4-13H2,1-3H3/t14?,15-,16+,17+. The number of rotatable bonds is 5. The first kappa shape index (κ1) is 18.1. The molecule has 2 saturated heterocycles. The van der Waals surface area contributed by atoms with Crippen molar-refractivity contribution in [2.24, 2.45) is 23.2 Å². The summed E-state index contributed by atoms with van der Waals surface area (Å²) < 4.78 is 5.11. The predicted molar refractivity (Wildman–Crippen MR) is 98.6 cm³/mol. The summed E-state index contributed by atoms with van der Waals surface area (Å²) in [5.41, 5.74) is 0.334. The molecule has 0 aromatic rings. The Morgan fingerprint density at radius 1 is 1.12 bits per heavy atom. The van der Waals surface area contributed by atoms with E-state index < -0.39 is 0 Å². The normalized spacial score (nSPS) is 34.5. The van der Waals surface area contributed by atoms with Crippen LogP contribution in [-0.4, -0.2) is 78.6 Å². The average molecular weight is 364 g/mol. The number of amides is 2.